The summed E-state index contributed by atoms with van der Waals surface area (Å²) in [6.07, 6.45) is 0. The van der Waals surface area contributed by atoms with Crippen LogP contribution < -0.4 is 15.5 Å². The molecule has 25 heavy (non-hydrogen) atoms. The highest BCUT2D eigenvalue weighted by Crippen LogP contribution is 2.21. The fraction of sp³-hybridized carbons (Fsp3) is 0.316. The normalized spacial score (nSPS) is 13.4. The molecule has 1 heterocycles. The number of hydrogen-bond donors (Lipinski definition) is 2. The van der Waals surface area contributed by atoms with Crippen LogP contribution in [-0.2, 0) is 17.9 Å². The number of halogens is 2. The molecule has 134 valence electrons. The Bertz CT molecular complexity index is 738. The lowest BCUT2D eigenvalue weighted by atomic mass is 10.1. The molecule has 0 atom stereocenters. The standard InChI is InChI=1S/C19H22FN3O.ClH/c1-14-6-7-15(10-17(14)20)11-22-19(24)13-23-9-8-21-12-16-4-2-3-5-18(16)23;/h2-7,10,21H,8-9,11-13H2,1H3,(H,22,24);1H. The van der Waals surface area contributed by atoms with Crippen molar-refractivity contribution in [3.63, 3.8) is 0 Å². The van der Waals surface area contributed by atoms with E-state index in [0.29, 0.717) is 18.7 Å². The summed E-state index contributed by atoms with van der Waals surface area (Å²) in [4.78, 5) is 14.4. The first-order valence-electron chi connectivity index (χ1n) is 8.19. The van der Waals surface area contributed by atoms with Crippen molar-refractivity contribution >= 4 is 24.0 Å². The molecule has 0 fully saturated rings. The number of aryl methyl sites for hydroxylation is 1. The zero-order valence-corrected chi connectivity index (χ0v) is 15.0. The Hall–Kier alpha value is -2.11. The van der Waals surface area contributed by atoms with Crippen molar-refractivity contribution in [3.8, 4) is 0 Å². The van der Waals surface area contributed by atoms with Crippen molar-refractivity contribution in [1.29, 1.82) is 0 Å². The summed E-state index contributed by atoms with van der Waals surface area (Å²) in [7, 11) is 0. The Balaban J connectivity index is 0.00000225. The largest absolute Gasteiger partial charge is 0.361 e. The molecule has 2 aromatic carbocycles. The molecule has 6 heteroatoms. The average molecular weight is 364 g/mol. The molecule has 0 unspecified atom stereocenters. The minimum atomic E-state index is -0.241. The molecule has 0 bridgehead atoms. The fourth-order valence-electron chi connectivity index (χ4n) is 2.87. The number of nitrogens with one attached hydrogen (secondary N) is 2. The fourth-order valence-corrected chi connectivity index (χ4v) is 2.87. The molecule has 0 radical (unpaired) electrons. The highest BCUT2D eigenvalue weighted by Gasteiger charge is 2.17. The summed E-state index contributed by atoms with van der Waals surface area (Å²) in [5.41, 5.74) is 3.67. The van der Waals surface area contributed by atoms with E-state index in [0.717, 1.165) is 30.9 Å². The molecule has 1 aliphatic rings. The smallest absolute Gasteiger partial charge is 0.239 e. The number of para-hydroxylation sites is 1. The Labute approximate surface area is 153 Å². The third-order valence-corrected chi connectivity index (χ3v) is 4.27. The summed E-state index contributed by atoms with van der Waals surface area (Å²) >= 11 is 0. The summed E-state index contributed by atoms with van der Waals surface area (Å²) in [5.74, 6) is -0.304. The molecule has 1 aliphatic heterocycles. The van der Waals surface area contributed by atoms with Gasteiger partial charge in [0.2, 0.25) is 5.91 Å². The Kier molecular flexibility index (Phi) is 6.79. The third kappa shape index (κ3) is 4.94. The molecule has 0 aliphatic carbocycles. The molecule has 0 saturated heterocycles. The molecule has 0 saturated carbocycles. The van der Waals surface area contributed by atoms with E-state index in [1.165, 1.54) is 11.6 Å². The predicted molar refractivity (Wildman–Crippen MR) is 101 cm³/mol. The lowest BCUT2D eigenvalue weighted by molar-refractivity contribution is -0.119. The van der Waals surface area contributed by atoms with Gasteiger partial charge in [-0.2, -0.15) is 0 Å². The molecule has 4 nitrogen and oxygen atoms in total. The van der Waals surface area contributed by atoms with Crippen LogP contribution in [0.4, 0.5) is 10.1 Å². The maximum atomic E-state index is 13.6. The van der Waals surface area contributed by atoms with Gasteiger partial charge in [0.05, 0.1) is 6.54 Å². The maximum Gasteiger partial charge on any atom is 0.239 e. The first-order valence-corrected chi connectivity index (χ1v) is 8.19. The monoisotopic (exact) mass is 363 g/mol. The van der Waals surface area contributed by atoms with E-state index < -0.39 is 0 Å². The Morgan fingerprint density at radius 1 is 1.28 bits per heavy atom. The van der Waals surface area contributed by atoms with Crippen LogP contribution in [0.2, 0.25) is 0 Å². The molecule has 0 spiro atoms. The van der Waals surface area contributed by atoms with E-state index in [1.807, 2.05) is 24.3 Å². The summed E-state index contributed by atoms with van der Waals surface area (Å²) in [6, 6.07) is 13.2. The quantitative estimate of drug-likeness (QED) is 0.878. The molecule has 2 aromatic rings. The lowest BCUT2D eigenvalue weighted by Gasteiger charge is -2.23. The molecule has 0 aromatic heterocycles. The SMILES string of the molecule is Cc1ccc(CNC(=O)CN2CCNCc3ccccc32)cc1F.Cl. The van der Waals surface area contributed by atoms with Gasteiger partial charge in [-0.1, -0.05) is 30.3 Å². The third-order valence-electron chi connectivity index (χ3n) is 4.27. The first-order chi connectivity index (χ1) is 11.6. The first kappa shape index (κ1) is 19.2. The van der Waals surface area contributed by atoms with E-state index in [4.69, 9.17) is 0 Å². The van der Waals surface area contributed by atoms with Gasteiger partial charge in [0.15, 0.2) is 0 Å². The van der Waals surface area contributed by atoms with Crippen molar-refractivity contribution in [1.82, 2.24) is 10.6 Å². The van der Waals surface area contributed by atoms with Crippen molar-refractivity contribution in [2.45, 2.75) is 20.0 Å². The molecular weight excluding hydrogens is 341 g/mol. The molecule has 3 rings (SSSR count). The minimum Gasteiger partial charge on any atom is -0.361 e. The van der Waals surface area contributed by atoms with E-state index >= 15 is 0 Å². The van der Waals surface area contributed by atoms with Gasteiger partial charge < -0.3 is 15.5 Å². The molecule has 2 N–H and O–H groups in total. The number of fused-ring (bicyclic) bond motifs is 1. The van der Waals surface area contributed by atoms with Crippen molar-refractivity contribution in [3.05, 3.63) is 65.0 Å². The van der Waals surface area contributed by atoms with Crippen LogP contribution in [0, 0.1) is 12.7 Å². The minimum absolute atomic E-state index is 0. The second kappa shape index (κ2) is 8.83. The van der Waals surface area contributed by atoms with Crippen LogP contribution in [-0.4, -0.2) is 25.5 Å². The number of benzene rings is 2. The highest BCUT2D eigenvalue weighted by atomic mass is 35.5. The number of carbonyl (C=O) groups excluding carboxylic acids is 1. The number of amides is 1. The number of anilines is 1. The van der Waals surface area contributed by atoms with Crippen LogP contribution in [0.3, 0.4) is 0 Å². The van der Waals surface area contributed by atoms with Crippen LogP contribution in [0.1, 0.15) is 16.7 Å². The molecule has 1 amide bonds. The van der Waals surface area contributed by atoms with Crippen molar-refractivity contribution in [2.24, 2.45) is 0 Å². The second-order valence-corrected chi connectivity index (χ2v) is 6.09. The zero-order valence-electron chi connectivity index (χ0n) is 14.2. The van der Waals surface area contributed by atoms with Crippen LogP contribution >= 0.6 is 12.4 Å². The number of hydrogen-bond acceptors (Lipinski definition) is 3. The van der Waals surface area contributed by atoms with Gasteiger partial charge in [-0.25, -0.2) is 4.39 Å². The Morgan fingerprint density at radius 2 is 2.08 bits per heavy atom. The zero-order chi connectivity index (χ0) is 16.9. The molecular formula is C19H23ClFN3O. The van der Waals surface area contributed by atoms with Crippen LogP contribution in [0.25, 0.3) is 0 Å². The van der Waals surface area contributed by atoms with Gasteiger partial charge in [0.1, 0.15) is 5.82 Å². The van der Waals surface area contributed by atoms with Gasteiger partial charge in [-0.05, 0) is 35.7 Å². The summed E-state index contributed by atoms with van der Waals surface area (Å²) in [6.45, 7) is 4.80. The summed E-state index contributed by atoms with van der Waals surface area (Å²) < 4.78 is 13.6. The maximum absolute atomic E-state index is 13.6. The Morgan fingerprint density at radius 3 is 2.88 bits per heavy atom. The van der Waals surface area contributed by atoms with E-state index in [2.05, 4.69) is 21.6 Å². The van der Waals surface area contributed by atoms with E-state index in [9.17, 15) is 9.18 Å². The van der Waals surface area contributed by atoms with Crippen molar-refractivity contribution in [2.75, 3.05) is 24.5 Å². The predicted octanol–water partition coefficient (Wildman–Crippen LogP) is 2.78. The van der Waals surface area contributed by atoms with Gasteiger partial charge >= 0.3 is 0 Å². The van der Waals surface area contributed by atoms with Crippen molar-refractivity contribution < 1.29 is 9.18 Å². The summed E-state index contributed by atoms with van der Waals surface area (Å²) in [5, 5.41) is 6.24. The van der Waals surface area contributed by atoms with E-state index in [1.54, 1.807) is 13.0 Å². The van der Waals surface area contributed by atoms with Gasteiger partial charge in [0, 0.05) is 31.9 Å². The second-order valence-electron chi connectivity index (χ2n) is 6.09. The van der Waals surface area contributed by atoms with E-state index in [-0.39, 0.29) is 24.1 Å². The highest BCUT2D eigenvalue weighted by molar-refractivity contribution is 5.85. The average Bonchev–Trinajstić information content (AvgIpc) is 2.79. The van der Waals surface area contributed by atoms with Crippen LogP contribution in [0.5, 0.6) is 0 Å². The lowest BCUT2D eigenvalue weighted by Crippen LogP contribution is -2.39. The number of carbonyl (C=O) groups is 1. The van der Waals surface area contributed by atoms with Crippen LogP contribution in [0.15, 0.2) is 42.5 Å². The van der Waals surface area contributed by atoms with Gasteiger partial charge in [0.25, 0.3) is 0 Å². The van der Waals surface area contributed by atoms with Gasteiger partial charge in [-0.3, -0.25) is 4.79 Å². The number of nitrogens with zero attached hydrogens (tertiary/aromatic N) is 1. The topological polar surface area (TPSA) is 44.4 Å². The van der Waals surface area contributed by atoms with Gasteiger partial charge in [-0.15, -0.1) is 12.4 Å². The number of rotatable bonds is 4.